The van der Waals surface area contributed by atoms with E-state index in [9.17, 15) is 0 Å². The molecule has 0 aromatic rings. The van der Waals surface area contributed by atoms with Crippen molar-refractivity contribution in [1.29, 1.82) is 0 Å². The Labute approximate surface area is 188 Å². The summed E-state index contributed by atoms with van der Waals surface area (Å²) in [7, 11) is 0. The molecule has 0 radical (unpaired) electrons. The SMILES string of the molecule is CCCCC1=[C]([Pr]([C]2=C(CCCC)C=CC2)[C]2=C(CCCC)C=CC2)CC=C1. The van der Waals surface area contributed by atoms with Crippen LogP contribution in [0.15, 0.2) is 56.6 Å². The summed E-state index contributed by atoms with van der Waals surface area (Å²) < 4.78 is 5.86. The molecule has 3 aliphatic rings. The summed E-state index contributed by atoms with van der Waals surface area (Å²) in [5.74, 6) is 0. The maximum atomic E-state index is 2.50. The van der Waals surface area contributed by atoms with Gasteiger partial charge in [0, 0.05) is 0 Å². The predicted molar refractivity (Wildman–Crippen MR) is 121 cm³/mol. The van der Waals surface area contributed by atoms with Gasteiger partial charge < -0.3 is 0 Å². The Bertz CT molecular complexity index is 624. The van der Waals surface area contributed by atoms with Crippen LogP contribution in [-0.4, -0.2) is 0 Å². The first-order valence-electron chi connectivity index (χ1n) is 11.9. The molecule has 150 valence electrons. The second-order valence-corrected chi connectivity index (χ2v) is 18.2. The topological polar surface area (TPSA) is 0 Å². The third-order valence-electron chi connectivity index (χ3n) is 6.65. The molecule has 0 aromatic carbocycles. The number of unbranched alkanes of at least 4 members (excludes halogenated alkanes) is 3. The van der Waals surface area contributed by atoms with Crippen molar-refractivity contribution in [2.24, 2.45) is 0 Å². The van der Waals surface area contributed by atoms with Crippen molar-refractivity contribution in [3.63, 3.8) is 0 Å². The van der Waals surface area contributed by atoms with E-state index in [1.807, 2.05) is 3.47 Å². The third kappa shape index (κ3) is 5.48. The maximum absolute atomic E-state index is 2.50. The molecule has 0 saturated heterocycles. The van der Waals surface area contributed by atoms with Gasteiger partial charge in [-0.25, -0.2) is 0 Å². The summed E-state index contributed by atoms with van der Waals surface area (Å²) in [4.78, 5) is 0. The van der Waals surface area contributed by atoms with Gasteiger partial charge in [-0.2, -0.15) is 0 Å². The molecule has 3 aliphatic carbocycles. The minimum atomic E-state index is -2.32. The van der Waals surface area contributed by atoms with Crippen molar-refractivity contribution in [2.75, 3.05) is 0 Å². The van der Waals surface area contributed by atoms with Gasteiger partial charge >= 0.3 is 190 Å². The normalized spacial score (nSPS) is 18.5. The number of allylic oxidation sites excluding steroid dienone is 12. The summed E-state index contributed by atoms with van der Waals surface area (Å²) in [5.41, 5.74) is 5.24. The Balaban J connectivity index is 2.00. The summed E-state index contributed by atoms with van der Waals surface area (Å²) in [6.45, 7) is 7.00. The van der Waals surface area contributed by atoms with Gasteiger partial charge in [0.2, 0.25) is 0 Å². The van der Waals surface area contributed by atoms with Gasteiger partial charge in [0.1, 0.15) is 0 Å². The molecule has 28 heavy (non-hydrogen) atoms. The molecule has 0 saturated carbocycles. The van der Waals surface area contributed by atoms with Crippen LogP contribution >= 0.6 is 0 Å². The molecule has 0 bridgehead atoms. The zero-order valence-corrected chi connectivity index (χ0v) is 22.2. The van der Waals surface area contributed by atoms with Crippen molar-refractivity contribution in [3.05, 3.63) is 56.6 Å². The molecule has 0 amide bonds. The van der Waals surface area contributed by atoms with Gasteiger partial charge in [0.15, 0.2) is 0 Å². The van der Waals surface area contributed by atoms with Gasteiger partial charge in [-0.15, -0.1) is 0 Å². The van der Waals surface area contributed by atoms with Crippen molar-refractivity contribution in [1.82, 2.24) is 0 Å². The van der Waals surface area contributed by atoms with Gasteiger partial charge in [-0.05, 0) is 0 Å². The molecule has 3 rings (SSSR count). The monoisotopic (exact) mass is 504 g/mol. The summed E-state index contributed by atoms with van der Waals surface area (Å²) in [6, 6.07) is 0. The van der Waals surface area contributed by atoms with E-state index in [4.69, 9.17) is 0 Å². The molecule has 0 aromatic heterocycles. The van der Waals surface area contributed by atoms with Gasteiger partial charge in [0.05, 0.1) is 0 Å². The van der Waals surface area contributed by atoms with E-state index in [-0.39, 0.29) is 0 Å². The molecular weight excluding hydrogens is 465 g/mol. The third-order valence-corrected chi connectivity index (χ3v) is 19.2. The van der Waals surface area contributed by atoms with Crippen LogP contribution in [0.3, 0.4) is 0 Å². The molecule has 0 spiro atoms. The van der Waals surface area contributed by atoms with Crippen molar-refractivity contribution < 1.29 is 35.0 Å². The molecule has 0 fully saturated rings. The van der Waals surface area contributed by atoms with Crippen LogP contribution in [0.2, 0.25) is 0 Å². The Morgan fingerprint density at radius 2 is 0.893 bits per heavy atom. The van der Waals surface area contributed by atoms with E-state index in [0.717, 1.165) is 0 Å². The second kappa shape index (κ2) is 11.9. The van der Waals surface area contributed by atoms with E-state index in [1.165, 1.54) is 77.0 Å². The minimum absolute atomic E-state index is 1.26. The van der Waals surface area contributed by atoms with Crippen LogP contribution in [0, 0.1) is 35.0 Å². The Kier molecular flexibility index (Phi) is 9.52. The summed E-state index contributed by atoms with van der Waals surface area (Å²) in [5, 5.41) is 0. The molecule has 0 N–H and O–H groups in total. The van der Waals surface area contributed by atoms with E-state index < -0.39 is 35.0 Å². The Hall–Kier alpha value is -0.196. The summed E-state index contributed by atoms with van der Waals surface area (Å²) in [6.07, 6.45) is 30.7. The molecule has 0 unspecified atom stereocenters. The van der Waals surface area contributed by atoms with Crippen molar-refractivity contribution in [3.8, 4) is 0 Å². The number of hydrogen-bond acceptors (Lipinski definition) is 0. The van der Waals surface area contributed by atoms with Gasteiger partial charge in [-0.3, -0.25) is 0 Å². The van der Waals surface area contributed by atoms with Crippen LogP contribution in [-0.2, 0) is 0 Å². The van der Waals surface area contributed by atoms with Gasteiger partial charge in [0.25, 0.3) is 0 Å². The molecule has 0 heterocycles. The Morgan fingerprint density at radius 3 is 1.18 bits per heavy atom. The van der Waals surface area contributed by atoms with Crippen LogP contribution in [0.4, 0.5) is 0 Å². The standard InChI is InChI=1S/3C9H13.Pr/c3*1-2-3-6-9-7-4-5-8-9;/h3*4,7H,2-3,5-6H2,1H3;. The molecular formula is C27H39Pr. The average molecular weight is 505 g/mol. The fourth-order valence-corrected chi connectivity index (χ4v) is 18.6. The fraction of sp³-hybridized carbons (Fsp3) is 0.556. The molecule has 1 heteroatoms. The van der Waals surface area contributed by atoms with Crippen molar-refractivity contribution >= 4 is 0 Å². The van der Waals surface area contributed by atoms with Crippen LogP contribution < -0.4 is 0 Å². The average Bonchev–Trinajstić information content (AvgIpc) is 3.46. The van der Waals surface area contributed by atoms with Crippen molar-refractivity contribution in [2.45, 2.75) is 97.8 Å². The summed E-state index contributed by atoms with van der Waals surface area (Å²) >= 11 is -2.32. The fourth-order valence-electron chi connectivity index (χ4n) is 5.07. The first-order valence-corrected chi connectivity index (χ1v) is 17.5. The van der Waals surface area contributed by atoms with E-state index >= 15 is 0 Å². The zero-order valence-electron chi connectivity index (χ0n) is 18.5. The molecule has 0 nitrogen and oxygen atoms in total. The van der Waals surface area contributed by atoms with E-state index in [2.05, 4.69) is 57.2 Å². The van der Waals surface area contributed by atoms with E-state index in [0.29, 0.717) is 0 Å². The molecule has 0 aliphatic heterocycles. The predicted octanol–water partition coefficient (Wildman–Crippen LogP) is 8.82. The number of hydrogen-bond donors (Lipinski definition) is 0. The van der Waals surface area contributed by atoms with E-state index in [1.54, 1.807) is 16.7 Å². The quantitative estimate of drug-likeness (QED) is 0.249. The first kappa shape index (κ1) is 22.5. The van der Waals surface area contributed by atoms with Crippen LogP contribution in [0.1, 0.15) is 97.8 Å². The first-order chi connectivity index (χ1) is 13.8. The Morgan fingerprint density at radius 1 is 0.571 bits per heavy atom. The van der Waals surface area contributed by atoms with Gasteiger partial charge in [-0.1, -0.05) is 0 Å². The number of rotatable bonds is 12. The van der Waals surface area contributed by atoms with Crippen LogP contribution in [0.25, 0.3) is 0 Å². The van der Waals surface area contributed by atoms with Crippen LogP contribution in [0.5, 0.6) is 0 Å². The zero-order chi connectivity index (χ0) is 19.8. The molecule has 0 atom stereocenters. The second-order valence-electron chi connectivity index (χ2n) is 8.71.